The van der Waals surface area contributed by atoms with E-state index in [4.69, 9.17) is 17.3 Å². The highest BCUT2D eigenvalue weighted by Crippen LogP contribution is 2.36. The van der Waals surface area contributed by atoms with Crippen molar-refractivity contribution >= 4 is 23.2 Å². The summed E-state index contributed by atoms with van der Waals surface area (Å²) in [5.74, 6) is 0.917. The normalized spacial score (nSPS) is 16.1. The van der Waals surface area contributed by atoms with Crippen LogP contribution in [0.3, 0.4) is 0 Å². The van der Waals surface area contributed by atoms with Crippen LogP contribution in [0.15, 0.2) is 60.9 Å². The number of nitrogen functional groups attached to an aromatic ring is 1. The summed E-state index contributed by atoms with van der Waals surface area (Å²) >= 11 is 6.09. The van der Waals surface area contributed by atoms with Crippen molar-refractivity contribution in [3.05, 3.63) is 71.5 Å². The topological polar surface area (TPSA) is 75.3 Å². The molecule has 1 saturated heterocycles. The van der Waals surface area contributed by atoms with Crippen molar-refractivity contribution in [2.24, 2.45) is 5.92 Å². The minimum absolute atomic E-state index is 0.166. The average molecular weight is 395 g/mol. The average Bonchev–Trinajstić information content (AvgIpc) is 2.74. The summed E-state index contributed by atoms with van der Waals surface area (Å²) in [4.78, 5) is 10.8. The molecule has 1 atom stereocenters. The quantitative estimate of drug-likeness (QED) is 0.644. The van der Waals surface area contributed by atoms with Crippen LogP contribution >= 0.6 is 11.6 Å². The van der Waals surface area contributed by atoms with Gasteiger partial charge >= 0.3 is 0 Å². The predicted octanol–water partition coefficient (Wildman–Crippen LogP) is 4.33. The van der Waals surface area contributed by atoms with Gasteiger partial charge in [-0.15, -0.1) is 0 Å². The minimum atomic E-state index is -0.577. The number of aliphatic hydroxyl groups is 1. The minimum Gasteiger partial charge on any atom is -0.398 e. The lowest BCUT2D eigenvalue weighted by Crippen LogP contribution is -2.36. The molecule has 0 aliphatic carbocycles. The maximum absolute atomic E-state index is 10.9. The summed E-state index contributed by atoms with van der Waals surface area (Å²) in [7, 11) is 0. The molecule has 4 rings (SSSR count). The Morgan fingerprint density at radius 2 is 1.71 bits per heavy atom. The third-order valence-electron chi connectivity index (χ3n) is 5.38. The molecule has 1 aliphatic heterocycles. The highest BCUT2D eigenvalue weighted by atomic mass is 35.5. The van der Waals surface area contributed by atoms with Gasteiger partial charge in [-0.1, -0.05) is 35.9 Å². The first-order valence-electron chi connectivity index (χ1n) is 9.47. The monoisotopic (exact) mass is 394 g/mol. The first-order valence-corrected chi connectivity index (χ1v) is 9.85. The number of aromatic nitrogens is 2. The smallest absolute Gasteiger partial charge is 0.225 e. The van der Waals surface area contributed by atoms with Crippen LogP contribution < -0.4 is 10.6 Å². The van der Waals surface area contributed by atoms with Crippen molar-refractivity contribution in [1.29, 1.82) is 0 Å². The van der Waals surface area contributed by atoms with Crippen LogP contribution in [0.1, 0.15) is 24.5 Å². The maximum Gasteiger partial charge on any atom is 0.225 e. The molecule has 0 spiro atoms. The van der Waals surface area contributed by atoms with E-state index < -0.39 is 6.10 Å². The molecule has 1 aliphatic rings. The summed E-state index contributed by atoms with van der Waals surface area (Å²) in [5.41, 5.74) is 9.70. The number of benzene rings is 2. The Bertz CT molecular complexity index is 942. The largest absolute Gasteiger partial charge is 0.398 e. The second kappa shape index (κ2) is 8.17. The van der Waals surface area contributed by atoms with Gasteiger partial charge in [-0.2, -0.15) is 0 Å². The molecule has 3 N–H and O–H groups in total. The molecule has 0 amide bonds. The third kappa shape index (κ3) is 3.96. The van der Waals surface area contributed by atoms with E-state index in [0.29, 0.717) is 10.7 Å². The summed E-state index contributed by atoms with van der Waals surface area (Å²) < 4.78 is 0. The first kappa shape index (κ1) is 18.7. The Morgan fingerprint density at radius 3 is 2.39 bits per heavy atom. The lowest BCUT2D eigenvalue weighted by atomic mass is 9.86. The van der Waals surface area contributed by atoms with Gasteiger partial charge in [0, 0.05) is 41.8 Å². The molecule has 2 heterocycles. The predicted molar refractivity (Wildman–Crippen MR) is 113 cm³/mol. The van der Waals surface area contributed by atoms with Crippen molar-refractivity contribution in [3.63, 3.8) is 0 Å². The van der Waals surface area contributed by atoms with E-state index in [1.54, 1.807) is 12.4 Å². The second-order valence-electron chi connectivity index (χ2n) is 7.17. The lowest BCUT2D eigenvalue weighted by Gasteiger charge is -2.34. The maximum atomic E-state index is 10.9. The number of anilines is 2. The van der Waals surface area contributed by atoms with E-state index in [1.807, 2.05) is 48.5 Å². The second-order valence-corrected chi connectivity index (χ2v) is 7.61. The molecule has 5 nitrogen and oxygen atoms in total. The van der Waals surface area contributed by atoms with Crippen molar-refractivity contribution in [2.45, 2.75) is 18.9 Å². The SMILES string of the molecule is Nc1cc(-c2cccc(Cl)c2)ccc1[C@H](O)C1CCN(c2ncccn2)CC1. The van der Waals surface area contributed by atoms with E-state index >= 15 is 0 Å². The van der Waals surface area contributed by atoms with Crippen molar-refractivity contribution < 1.29 is 5.11 Å². The Labute approximate surface area is 169 Å². The number of nitrogens with zero attached hydrogens (tertiary/aromatic N) is 3. The van der Waals surface area contributed by atoms with Crippen LogP contribution in [0.4, 0.5) is 11.6 Å². The fraction of sp³-hybridized carbons (Fsp3) is 0.273. The van der Waals surface area contributed by atoms with E-state index in [2.05, 4.69) is 14.9 Å². The molecule has 0 bridgehead atoms. The van der Waals surface area contributed by atoms with Crippen LogP contribution in [0.2, 0.25) is 5.02 Å². The van der Waals surface area contributed by atoms with E-state index in [0.717, 1.165) is 48.6 Å². The van der Waals surface area contributed by atoms with Crippen molar-refractivity contribution in [3.8, 4) is 11.1 Å². The number of hydrogen-bond acceptors (Lipinski definition) is 5. The van der Waals surface area contributed by atoms with Gasteiger partial charge in [0.1, 0.15) is 0 Å². The molecule has 0 radical (unpaired) electrons. The van der Waals surface area contributed by atoms with Crippen LogP contribution in [0.5, 0.6) is 0 Å². The molecular weight excluding hydrogens is 372 g/mol. The van der Waals surface area contributed by atoms with Crippen LogP contribution in [0.25, 0.3) is 11.1 Å². The van der Waals surface area contributed by atoms with Gasteiger partial charge in [-0.3, -0.25) is 0 Å². The van der Waals surface area contributed by atoms with Gasteiger partial charge in [0.2, 0.25) is 5.95 Å². The molecule has 0 saturated carbocycles. The molecule has 28 heavy (non-hydrogen) atoms. The number of hydrogen-bond donors (Lipinski definition) is 2. The summed E-state index contributed by atoms with van der Waals surface area (Å²) in [6.07, 6.45) is 4.67. The van der Waals surface area contributed by atoms with Gasteiger partial charge in [0.15, 0.2) is 0 Å². The molecule has 6 heteroatoms. The fourth-order valence-electron chi connectivity index (χ4n) is 3.82. The highest BCUT2D eigenvalue weighted by molar-refractivity contribution is 6.30. The summed E-state index contributed by atoms with van der Waals surface area (Å²) in [5, 5.41) is 11.6. The Hall–Kier alpha value is -2.63. The molecular formula is C22H23ClN4O. The summed E-state index contributed by atoms with van der Waals surface area (Å²) in [6.45, 7) is 1.65. The van der Waals surface area contributed by atoms with E-state index in [1.165, 1.54) is 0 Å². The van der Waals surface area contributed by atoms with Crippen molar-refractivity contribution in [1.82, 2.24) is 9.97 Å². The summed E-state index contributed by atoms with van der Waals surface area (Å²) in [6, 6.07) is 15.3. The highest BCUT2D eigenvalue weighted by Gasteiger charge is 2.28. The zero-order valence-electron chi connectivity index (χ0n) is 15.5. The Balaban J connectivity index is 1.46. The fourth-order valence-corrected chi connectivity index (χ4v) is 4.01. The van der Waals surface area contributed by atoms with Gasteiger partial charge < -0.3 is 15.7 Å². The van der Waals surface area contributed by atoms with Gasteiger partial charge in [-0.25, -0.2) is 9.97 Å². The molecule has 1 fully saturated rings. The Morgan fingerprint density at radius 1 is 1.00 bits per heavy atom. The number of piperidine rings is 1. The molecule has 0 unspecified atom stereocenters. The number of nitrogens with two attached hydrogens (primary N) is 1. The van der Waals surface area contributed by atoms with Crippen LogP contribution in [-0.2, 0) is 0 Å². The zero-order valence-corrected chi connectivity index (χ0v) is 16.3. The van der Waals surface area contributed by atoms with E-state index in [-0.39, 0.29) is 5.92 Å². The zero-order chi connectivity index (χ0) is 19.5. The molecule has 144 valence electrons. The molecule has 1 aromatic heterocycles. The number of aliphatic hydroxyl groups excluding tert-OH is 1. The molecule has 2 aromatic carbocycles. The van der Waals surface area contributed by atoms with E-state index in [9.17, 15) is 5.11 Å². The molecule has 3 aromatic rings. The van der Waals surface area contributed by atoms with Gasteiger partial charge in [0.05, 0.1) is 6.10 Å². The number of rotatable bonds is 4. The van der Waals surface area contributed by atoms with Crippen molar-refractivity contribution in [2.75, 3.05) is 23.7 Å². The third-order valence-corrected chi connectivity index (χ3v) is 5.62. The van der Waals surface area contributed by atoms with Crippen LogP contribution in [0, 0.1) is 5.92 Å². The Kier molecular flexibility index (Phi) is 5.46. The van der Waals surface area contributed by atoms with Gasteiger partial charge in [0.25, 0.3) is 0 Å². The van der Waals surface area contributed by atoms with Gasteiger partial charge in [-0.05, 0) is 54.2 Å². The first-order chi connectivity index (χ1) is 13.6. The number of halogens is 1. The standard InChI is InChI=1S/C22H23ClN4O/c23-18-4-1-3-16(13-18)17-5-6-19(20(24)14-17)21(28)15-7-11-27(12-8-15)22-25-9-2-10-26-22/h1-6,9-10,13-15,21,28H,7-8,11-12,24H2/t21-/m1/s1. The lowest BCUT2D eigenvalue weighted by molar-refractivity contribution is 0.0934. The van der Waals surface area contributed by atoms with Crippen LogP contribution in [-0.4, -0.2) is 28.2 Å².